The summed E-state index contributed by atoms with van der Waals surface area (Å²) in [6.45, 7) is 0. The SMILES string of the molecule is c1ccc(C2=NC(c3cccc4oc5cc(-c6cccc7c6oc6ccccc67)ccc5c34)NC(c3ccc(-c4ccccc4)cc3)N2)cc1. The number of hydrogen-bond acceptors (Lipinski definition) is 5. The molecule has 0 radical (unpaired) electrons. The number of amidine groups is 1. The minimum Gasteiger partial charge on any atom is -0.456 e. The van der Waals surface area contributed by atoms with Gasteiger partial charge in [0.2, 0.25) is 0 Å². The van der Waals surface area contributed by atoms with E-state index in [9.17, 15) is 0 Å². The molecule has 1 aliphatic heterocycles. The van der Waals surface area contributed by atoms with E-state index in [-0.39, 0.29) is 12.3 Å². The van der Waals surface area contributed by atoms with E-state index in [1.807, 2.05) is 42.5 Å². The molecule has 7 aromatic carbocycles. The standard InChI is InChI=1S/C45H31N3O2/c1-3-11-28(12-4-1)29-21-23-31(24-22-29)44-46-43(30-13-5-2-6-14-30)47-45(48-44)37-18-10-20-39-41(37)36-26-25-32(27-40(36)49-39)33-16-9-17-35-34-15-7-8-19-38(34)50-42(33)35/h1-27,44-45,48H,(H,46,47). The summed E-state index contributed by atoms with van der Waals surface area (Å²) >= 11 is 0. The Bertz CT molecular complexity index is 2710. The van der Waals surface area contributed by atoms with E-state index < -0.39 is 0 Å². The molecule has 5 nitrogen and oxygen atoms in total. The normalized spacial score (nSPS) is 16.2. The van der Waals surface area contributed by atoms with Crippen LogP contribution in [0.15, 0.2) is 178 Å². The summed E-state index contributed by atoms with van der Waals surface area (Å²) in [4.78, 5) is 5.26. The minimum atomic E-state index is -0.321. The van der Waals surface area contributed by atoms with Crippen LogP contribution in [0.3, 0.4) is 0 Å². The van der Waals surface area contributed by atoms with Crippen LogP contribution in [0.1, 0.15) is 29.0 Å². The summed E-state index contributed by atoms with van der Waals surface area (Å²) in [7, 11) is 0. The van der Waals surface area contributed by atoms with Crippen LogP contribution in [0.25, 0.3) is 66.1 Å². The summed E-state index contributed by atoms with van der Waals surface area (Å²) in [6, 6.07) is 56.8. The van der Waals surface area contributed by atoms with Crippen LogP contribution >= 0.6 is 0 Å². The van der Waals surface area contributed by atoms with Crippen molar-refractivity contribution in [3.63, 3.8) is 0 Å². The molecule has 0 amide bonds. The van der Waals surface area contributed by atoms with Gasteiger partial charge in [0.1, 0.15) is 40.5 Å². The maximum atomic E-state index is 6.57. The van der Waals surface area contributed by atoms with Gasteiger partial charge in [0, 0.05) is 38.2 Å². The average molecular weight is 646 g/mol. The molecule has 0 saturated carbocycles. The monoisotopic (exact) mass is 645 g/mol. The average Bonchev–Trinajstić information content (AvgIpc) is 3.77. The number of benzene rings is 7. The molecule has 1 aliphatic rings. The molecule has 10 rings (SSSR count). The lowest BCUT2D eigenvalue weighted by Crippen LogP contribution is -2.45. The summed E-state index contributed by atoms with van der Waals surface area (Å²) in [5.74, 6) is 0.845. The fourth-order valence-electron chi connectivity index (χ4n) is 7.35. The molecule has 0 fully saturated rings. The van der Waals surface area contributed by atoms with Crippen molar-refractivity contribution in [3.8, 4) is 22.3 Å². The van der Waals surface area contributed by atoms with E-state index >= 15 is 0 Å². The van der Waals surface area contributed by atoms with Crippen LogP contribution in [0.5, 0.6) is 0 Å². The van der Waals surface area contributed by atoms with Gasteiger partial charge in [0.25, 0.3) is 0 Å². The van der Waals surface area contributed by atoms with Gasteiger partial charge in [0.15, 0.2) is 0 Å². The molecule has 50 heavy (non-hydrogen) atoms. The fourth-order valence-corrected chi connectivity index (χ4v) is 7.35. The first-order valence-corrected chi connectivity index (χ1v) is 16.9. The molecular weight excluding hydrogens is 615 g/mol. The highest BCUT2D eigenvalue weighted by Gasteiger charge is 2.28. The molecule has 2 aromatic heterocycles. The minimum absolute atomic E-state index is 0.165. The molecule has 0 spiro atoms. The van der Waals surface area contributed by atoms with Crippen LogP contribution in [-0.2, 0) is 0 Å². The lowest BCUT2D eigenvalue weighted by Gasteiger charge is -2.32. The van der Waals surface area contributed by atoms with E-state index in [2.05, 4.69) is 132 Å². The lowest BCUT2D eigenvalue weighted by atomic mass is 9.98. The number of nitrogens with zero attached hydrogens (tertiary/aromatic N) is 1. The maximum Gasteiger partial charge on any atom is 0.143 e. The highest BCUT2D eigenvalue weighted by atomic mass is 16.3. The quantitative estimate of drug-likeness (QED) is 0.195. The number of para-hydroxylation sites is 2. The largest absolute Gasteiger partial charge is 0.456 e. The Labute approximate surface area is 288 Å². The number of rotatable bonds is 5. The fraction of sp³-hybridized carbons (Fsp3) is 0.0444. The molecular formula is C45H31N3O2. The van der Waals surface area contributed by atoms with Crippen molar-refractivity contribution in [2.45, 2.75) is 12.3 Å². The summed E-state index contributed by atoms with van der Waals surface area (Å²) in [5, 5.41) is 11.8. The number of furan rings is 2. The molecule has 0 bridgehead atoms. The molecule has 0 saturated heterocycles. The van der Waals surface area contributed by atoms with Gasteiger partial charge in [0.05, 0.1) is 0 Å². The molecule has 2 atom stereocenters. The van der Waals surface area contributed by atoms with Crippen LogP contribution < -0.4 is 10.6 Å². The van der Waals surface area contributed by atoms with Crippen molar-refractivity contribution in [1.82, 2.24) is 10.6 Å². The zero-order valence-corrected chi connectivity index (χ0v) is 27.0. The van der Waals surface area contributed by atoms with E-state index in [4.69, 9.17) is 13.8 Å². The van der Waals surface area contributed by atoms with E-state index in [0.29, 0.717) is 0 Å². The zero-order chi connectivity index (χ0) is 33.0. The van der Waals surface area contributed by atoms with Gasteiger partial charge >= 0.3 is 0 Å². The van der Waals surface area contributed by atoms with Crippen LogP contribution in [0.2, 0.25) is 0 Å². The van der Waals surface area contributed by atoms with Crippen molar-refractivity contribution in [2.75, 3.05) is 0 Å². The van der Waals surface area contributed by atoms with Crippen molar-refractivity contribution in [1.29, 1.82) is 0 Å². The van der Waals surface area contributed by atoms with E-state index in [0.717, 1.165) is 77.5 Å². The zero-order valence-electron chi connectivity index (χ0n) is 27.0. The molecule has 0 aliphatic carbocycles. The lowest BCUT2D eigenvalue weighted by molar-refractivity contribution is 0.410. The van der Waals surface area contributed by atoms with Gasteiger partial charge in [-0.15, -0.1) is 0 Å². The molecule has 238 valence electrons. The topological polar surface area (TPSA) is 62.7 Å². The first-order chi connectivity index (χ1) is 24.8. The van der Waals surface area contributed by atoms with Gasteiger partial charge in [-0.25, -0.2) is 4.99 Å². The second-order valence-corrected chi connectivity index (χ2v) is 12.8. The number of nitrogens with one attached hydrogen (secondary N) is 2. The second-order valence-electron chi connectivity index (χ2n) is 12.8. The number of fused-ring (bicyclic) bond motifs is 6. The van der Waals surface area contributed by atoms with Gasteiger partial charge in [-0.05, 0) is 46.5 Å². The van der Waals surface area contributed by atoms with Gasteiger partial charge in [-0.1, -0.05) is 140 Å². The van der Waals surface area contributed by atoms with Gasteiger partial charge in [-0.2, -0.15) is 0 Å². The molecule has 2 unspecified atom stereocenters. The smallest absolute Gasteiger partial charge is 0.143 e. The first-order valence-electron chi connectivity index (χ1n) is 16.9. The summed E-state index contributed by atoms with van der Waals surface area (Å²) in [6.07, 6.45) is -0.486. The third kappa shape index (κ3) is 4.79. The predicted octanol–water partition coefficient (Wildman–Crippen LogP) is 11.2. The van der Waals surface area contributed by atoms with Crippen molar-refractivity contribution in [3.05, 3.63) is 180 Å². The maximum absolute atomic E-state index is 6.57. The summed E-state index contributed by atoms with van der Waals surface area (Å²) < 4.78 is 12.9. The molecule has 2 N–H and O–H groups in total. The van der Waals surface area contributed by atoms with Crippen LogP contribution in [-0.4, -0.2) is 5.84 Å². The predicted molar refractivity (Wildman–Crippen MR) is 203 cm³/mol. The van der Waals surface area contributed by atoms with Gasteiger partial charge in [-0.3, -0.25) is 5.32 Å². The Kier molecular flexibility index (Phi) is 6.64. The Balaban J connectivity index is 1.07. The molecule has 3 heterocycles. The van der Waals surface area contributed by atoms with Crippen LogP contribution in [0.4, 0.5) is 0 Å². The highest BCUT2D eigenvalue weighted by molar-refractivity contribution is 6.12. The molecule has 5 heteroatoms. The third-order valence-corrected chi connectivity index (χ3v) is 9.80. The van der Waals surface area contributed by atoms with E-state index in [1.54, 1.807) is 0 Å². The van der Waals surface area contributed by atoms with Crippen molar-refractivity contribution < 1.29 is 8.83 Å². The van der Waals surface area contributed by atoms with Gasteiger partial charge < -0.3 is 14.2 Å². The second kappa shape index (κ2) is 11.6. The Morgan fingerprint density at radius 2 is 1.16 bits per heavy atom. The van der Waals surface area contributed by atoms with Crippen molar-refractivity contribution >= 4 is 49.7 Å². The number of aliphatic imine (C=N–C) groups is 1. The van der Waals surface area contributed by atoms with E-state index in [1.165, 1.54) is 11.1 Å². The third-order valence-electron chi connectivity index (χ3n) is 9.80. The Hall–Kier alpha value is -6.43. The molecule has 9 aromatic rings. The van der Waals surface area contributed by atoms with Crippen LogP contribution in [0, 0.1) is 0 Å². The highest BCUT2D eigenvalue weighted by Crippen LogP contribution is 2.40. The Morgan fingerprint density at radius 3 is 2.00 bits per heavy atom. The first kappa shape index (κ1) is 28.6. The Morgan fingerprint density at radius 1 is 0.480 bits per heavy atom. The summed E-state index contributed by atoms with van der Waals surface area (Å²) in [5.41, 5.74) is 11.1. The number of hydrogen-bond donors (Lipinski definition) is 2. The van der Waals surface area contributed by atoms with Crippen molar-refractivity contribution in [2.24, 2.45) is 4.99 Å².